The first-order valence-corrected chi connectivity index (χ1v) is 10.9. The van der Waals surface area contributed by atoms with Crippen LogP contribution in [0.3, 0.4) is 0 Å². The van der Waals surface area contributed by atoms with Gasteiger partial charge in [-0.3, -0.25) is 15.6 Å². The summed E-state index contributed by atoms with van der Waals surface area (Å²) in [5.41, 5.74) is 6.13. The van der Waals surface area contributed by atoms with Gasteiger partial charge in [0, 0.05) is 23.0 Å². The van der Waals surface area contributed by atoms with Crippen LogP contribution in [-0.2, 0) is 14.8 Å². The Bertz CT molecular complexity index is 898. The zero-order valence-corrected chi connectivity index (χ0v) is 16.6. The smallest absolute Gasteiger partial charge is 0.252 e. The zero-order valence-electron chi connectivity index (χ0n) is 14.2. The van der Waals surface area contributed by atoms with Gasteiger partial charge in [-0.2, -0.15) is 4.31 Å². The van der Waals surface area contributed by atoms with Crippen molar-refractivity contribution in [1.82, 2.24) is 9.73 Å². The molecule has 0 aliphatic carbocycles. The van der Waals surface area contributed by atoms with Gasteiger partial charge in [-0.1, -0.05) is 17.7 Å². The monoisotopic (exact) mass is 413 g/mol. The average molecular weight is 414 g/mol. The molecular weight excluding hydrogens is 394 g/mol. The molecule has 1 atom stereocenters. The van der Waals surface area contributed by atoms with Crippen LogP contribution in [0.15, 0.2) is 40.6 Å². The molecule has 1 amide bonds. The quantitative estimate of drug-likeness (QED) is 0.737. The maximum atomic E-state index is 12.8. The second kappa shape index (κ2) is 7.96. The van der Waals surface area contributed by atoms with Gasteiger partial charge in [-0.15, -0.1) is 11.3 Å². The molecule has 6 nitrogen and oxygen atoms in total. The summed E-state index contributed by atoms with van der Waals surface area (Å²) in [6.07, 6.45) is 1.30. The number of nitrogens with one attached hydrogen (secondary N) is 2. The lowest BCUT2D eigenvalue weighted by Gasteiger charge is -2.30. The minimum Gasteiger partial charge on any atom is -0.299 e. The van der Waals surface area contributed by atoms with Crippen LogP contribution in [0, 0.1) is 12.8 Å². The number of anilines is 1. The second-order valence-electron chi connectivity index (χ2n) is 6.19. The number of thiophene rings is 1. The maximum absolute atomic E-state index is 12.8. The van der Waals surface area contributed by atoms with E-state index in [2.05, 4.69) is 10.9 Å². The van der Waals surface area contributed by atoms with Crippen molar-refractivity contribution in [2.45, 2.75) is 24.0 Å². The van der Waals surface area contributed by atoms with E-state index in [9.17, 15) is 13.2 Å². The summed E-state index contributed by atoms with van der Waals surface area (Å²) in [5.74, 6) is -0.626. The lowest BCUT2D eigenvalue weighted by molar-refractivity contribution is -0.125. The van der Waals surface area contributed by atoms with Crippen molar-refractivity contribution in [3.05, 3.63) is 46.3 Å². The highest BCUT2D eigenvalue weighted by Crippen LogP contribution is 2.28. The van der Waals surface area contributed by atoms with E-state index in [-0.39, 0.29) is 12.5 Å². The van der Waals surface area contributed by atoms with Crippen molar-refractivity contribution in [3.63, 3.8) is 0 Å². The number of halogens is 1. The number of benzene rings is 1. The Morgan fingerprint density at radius 1 is 1.31 bits per heavy atom. The summed E-state index contributed by atoms with van der Waals surface area (Å²) < 4.78 is 27.3. The van der Waals surface area contributed by atoms with Gasteiger partial charge in [-0.05, 0) is 50.1 Å². The molecule has 1 saturated heterocycles. The minimum absolute atomic E-state index is 0.183. The predicted molar refractivity (Wildman–Crippen MR) is 104 cm³/mol. The van der Waals surface area contributed by atoms with Crippen LogP contribution in [0.2, 0.25) is 5.02 Å². The Balaban J connectivity index is 1.63. The molecule has 1 aromatic carbocycles. The fraction of sp³-hybridized carbons (Fsp3) is 0.353. The Morgan fingerprint density at radius 2 is 2.12 bits per heavy atom. The van der Waals surface area contributed by atoms with Crippen molar-refractivity contribution in [3.8, 4) is 0 Å². The van der Waals surface area contributed by atoms with Crippen LogP contribution >= 0.6 is 22.9 Å². The number of sulfonamides is 1. The molecule has 0 spiro atoms. The number of rotatable bonds is 5. The predicted octanol–water partition coefficient (Wildman–Crippen LogP) is 3.25. The third-order valence-corrected chi connectivity index (χ3v) is 7.79. The van der Waals surface area contributed by atoms with Crippen molar-refractivity contribution < 1.29 is 13.2 Å². The number of nitrogens with zero attached hydrogens (tertiary/aromatic N) is 1. The molecule has 0 saturated carbocycles. The summed E-state index contributed by atoms with van der Waals surface area (Å²) in [6.45, 7) is 2.49. The van der Waals surface area contributed by atoms with Crippen molar-refractivity contribution in [1.29, 1.82) is 0 Å². The molecule has 26 heavy (non-hydrogen) atoms. The number of carbonyl (C=O) groups is 1. The number of hydrazine groups is 1. The maximum Gasteiger partial charge on any atom is 0.252 e. The number of hydrogen-bond donors (Lipinski definition) is 2. The number of carbonyl (C=O) groups excluding carboxylic acids is 1. The molecule has 0 bridgehead atoms. The van der Waals surface area contributed by atoms with Gasteiger partial charge in [0.1, 0.15) is 4.21 Å². The highest BCUT2D eigenvalue weighted by Gasteiger charge is 2.34. The number of aryl methyl sites for hydroxylation is 1. The normalized spacial score (nSPS) is 18.5. The van der Waals surface area contributed by atoms with Crippen LogP contribution in [0.5, 0.6) is 0 Å². The SMILES string of the molecule is Cc1ccc(S(=O)(=O)N2CCC[C@H](C(=O)NNc3cccc(Cl)c3)C2)s1. The van der Waals surface area contributed by atoms with E-state index in [0.29, 0.717) is 34.3 Å². The summed E-state index contributed by atoms with van der Waals surface area (Å²) >= 11 is 7.16. The van der Waals surface area contributed by atoms with Gasteiger partial charge in [0.25, 0.3) is 10.0 Å². The minimum atomic E-state index is -3.55. The van der Waals surface area contributed by atoms with E-state index in [1.807, 2.05) is 6.92 Å². The molecule has 2 N–H and O–H groups in total. The molecule has 0 radical (unpaired) electrons. The molecule has 140 valence electrons. The Kier molecular flexibility index (Phi) is 5.86. The van der Waals surface area contributed by atoms with Crippen LogP contribution in [-0.4, -0.2) is 31.7 Å². The molecule has 2 heterocycles. The van der Waals surface area contributed by atoms with E-state index in [1.54, 1.807) is 36.4 Å². The molecule has 1 aliphatic rings. The summed E-state index contributed by atoms with van der Waals surface area (Å²) in [5, 5.41) is 0.561. The van der Waals surface area contributed by atoms with E-state index in [0.717, 1.165) is 4.88 Å². The van der Waals surface area contributed by atoms with Gasteiger partial charge < -0.3 is 0 Å². The van der Waals surface area contributed by atoms with Crippen LogP contribution in [0.1, 0.15) is 17.7 Å². The van der Waals surface area contributed by atoms with Crippen molar-refractivity contribution >= 4 is 44.6 Å². The van der Waals surface area contributed by atoms with Gasteiger partial charge in [0.15, 0.2) is 0 Å². The van der Waals surface area contributed by atoms with Gasteiger partial charge in [-0.25, -0.2) is 8.42 Å². The topological polar surface area (TPSA) is 78.5 Å². The molecule has 1 fully saturated rings. The Hall–Kier alpha value is -1.61. The molecule has 2 aromatic rings. The van der Waals surface area contributed by atoms with Crippen LogP contribution < -0.4 is 10.9 Å². The van der Waals surface area contributed by atoms with Gasteiger partial charge in [0.05, 0.1) is 11.6 Å². The fourth-order valence-electron chi connectivity index (χ4n) is 2.85. The molecule has 9 heteroatoms. The second-order valence-corrected chi connectivity index (χ2v) is 10.1. The van der Waals surface area contributed by atoms with Crippen molar-refractivity contribution in [2.75, 3.05) is 18.5 Å². The zero-order chi connectivity index (χ0) is 18.7. The molecule has 0 unspecified atom stereocenters. The third-order valence-electron chi connectivity index (χ3n) is 4.22. The average Bonchev–Trinajstić information content (AvgIpc) is 3.07. The molecule has 1 aromatic heterocycles. The summed E-state index contributed by atoms with van der Waals surface area (Å²) in [6, 6.07) is 10.4. The van der Waals surface area contributed by atoms with Crippen molar-refractivity contribution in [2.24, 2.45) is 5.92 Å². The largest absolute Gasteiger partial charge is 0.299 e. The highest BCUT2D eigenvalue weighted by molar-refractivity contribution is 7.91. The summed E-state index contributed by atoms with van der Waals surface area (Å²) in [7, 11) is -3.55. The van der Waals surface area contributed by atoms with Gasteiger partial charge >= 0.3 is 0 Å². The summed E-state index contributed by atoms with van der Waals surface area (Å²) in [4.78, 5) is 13.4. The van der Waals surface area contributed by atoms with E-state index in [1.165, 1.54) is 15.6 Å². The molecular formula is C17H20ClN3O3S2. The first kappa shape index (κ1) is 19.2. The number of hydrogen-bond acceptors (Lipinski definition) is 5. The van der Waals surface area contributed by atoms with Crippen LogP contribution in [0.4, 0.5) is 5.69 Å². The third kappa shape index (κ3) is 4.37. The standard InChI is InChI=1S/C17H20ClN3O3S2/c1-12-7-8-16(25-12)26(23,24)21-9-3-4-13(11-21)17(22)20-19-15-6-2-5-14(18)10-15/h2,5-8,10,13,19H,3-4,9,11H2,1H3,(H,20,22)/t13-/m0/s1. The molecule has 1 aliphatic heterocycles. The highest BCUT2D eigenvalue weighted by atomic mass is 35.5. The first-order valence-electron chi connectivity index (χ1n) is 8.24. The van der Waals surface area contributed by atoms with Crippen LogP contribution in [0.25, 0.3) is 0 Å². The number of piperidine rings is 1. The Morgan fingerprint density at radius 3 is 2.81 bits per heavy atom. The van der Waals surface area contributed by atoms with E-state index >= 15 is 0 Å². The van der Waals surface area contributed by atoms with E-state index < -0.39 is 15.9 Å². The lowest BCUT2D eigenvalue weighted by atomic mass is 9.99. The Labute approximate surface area is 162 Å². The fourth-order valence-corrected chi connectivity index (χ4v) is 6.01. The first-order chi connectivity index (χ1) is 12.4. The lowest BCUT2D eigenvalue weighted by Crippen LogP contribution is -2.46. The van der Waals surface area contributed by atoms with E-state index in [4.69, 9.17) is 11.6 Å². The van der Waals surface area contributed by atoms with Gasteiger partial charge in [0.2, 0.25) is 5.91 Å². The number of amides is 1. The molecule has 3 rings (SSSR count).